The normalized spacial score (nSPS) is 25.0. The number of likely N-dealkylation sites (N-methyl/N-ethyl adjacent to an activating group) is 1. The standard InChI is InChI=1S/C22H35N/c1-6-23(15-19-7-11-21(12-8-19)17(2)3)16-20-9-13-22(14-10-20)18(4)5/h7,9,21-22H,2,4,6,8,10-16H2,1,3,5H3. The molecule has 0 bridgehead atoms. The maximum Gasteiger partial charge on any atom is 0.0196 e. The van der Waals surface area contributed by atoms with Gasteiger partial charge in [0.1, 0.15) is 0 Å². The molecule has 2 aliphatic rings. The van der Waals surface area contributed by atoms with Gasteiger partial charge in [0, 0.05) is 13.1 Å². The minimum atomic E-state index is 0.717. The van der Waals surface area contributed by atoms with Crippen molar-refractivity contribution in [2.24, 2.45) is 11.8 Å². The molecule has 0 spiro atoms. The average Bonchev–Trinajstić information content (AvgIpc) is 2.55. The minimum absolute atomic E-state index is 0.717. The molecule has 1 nitrogen and oxygen atoms in total. The van der Waals surface area contributed by atoms with Crippen LogP contribution in [0.15, 0.2) is 47.6 Å². The summed E-state index contributed by atoms with van der Waals surface area (Å²) in [7, 11) is 0. The highest BCUT2D eigenvalue weighted by molar-refractivity contribution is 5.16. The lowest BCUT2D eigenvalue weighted by atomic mass is 9.84. The highest BCUT2D eigenvalue weighted by Crippen LogP contribution is 2.30. The molecule has 0 aromatic carbocycles. The SMILES string of the molecule is C=C(C)C1CC=C(CN(CC)CC2=CCC(C(=C)C)CC2)CC1. The van der Waals surface area contributed by atoms with Crippen molar-refractivity contribution >= 4 is 0 Å². The molecule has 1 heteroatoms. The molecule has 0 saturated carbocycles. The molecule has 0 aromatic rings. The van der Waals surface area contributed by atoms with E-state index in [9.17, 15) is 0 Å². The second-order valence-corrected chi connectivity index (χ2v) is 7.66. The Morgan fingerprint density at radius 1 is 0.957 bits per heavy atom. The van der Waals surface area contributed by atoms with Gasteiger partial charge in [0.05, 0.1) is 0 Å². The molecule has 0 saturated heterocycles. The summed E-state index contributed by atoms with van der Waals surface area (Å²) in [6.07, 6.45) is 12.5. The lowest BCUT2D eigenvalue weighted by Crippen LogP contribution is -2.29. The largest absolute Gasteiger partial charge is 0.296 e. The summed E-state index contributed by atoms with van der Waals surface area (Å²) >= 11 is 0. The third-order valence-corrected chi connectivity index (χ3v) is 5.70. The summed E-state index contributed by atoms with van der Waals surface area (Å²) < 4.78 is 0. The van der Waals surface area contributed by atoms with E-state index in [1.165, 1.54) is 49.7 Å². The molecule has 128 valence electrons. The molecule has 0 radical (unpaired) electrons. The quantitative estimate of drug-likeness (QED) is 0.528. The van der Waals surface area contributed by atoms with Crippen LogP contribution in [0, 0.1) is 11.8 Å². The molecular weight excluding hydrogens is 278 g/mol. The second-order valence-electron chi connectivity index (χ2n) is 7.66. The fourth-order valence-corrected chi connectivity index (χ4v) is 3.81. The number of hydrogen-bond donors (Lipinski definition) is 0. The summed E-state index contributed by atoms with van der Waals surface area (Å²) in [4.78, 5) is 2.61. The van der Waals surface area contributed by atoms with Crippen LogP contribution in [0.4, 0.5) is 0 Å². The van der Waals surface area contributed by atoms with Gasteiger partial charge in [-0.25, -0.2) is 0 Å². The van der Waals surface area contributed by atoms with Gasteiger partial charge in [0.15, 0.2) is 0 Å². The smallest absolute Gasteiger partial charge is 0.0196 e. The zero-order chi connectivity index (χ0) is 16.8. The minimum Gasteiger partial charge on any atom is -0.296 e. The Balaban J connectivity index is 1.84. The maximum atomic E-state index is 4.12. The van der Waals surface area contributed by atoms with Crippen LogP contribution in [0.3, 0.4) is 0 Å². The Morgan fingerprint density at radius 2 is 1.39 bits per heavy atom. The average molecular weight is 314 g/mol. The first-order valence-electron chi connectivity index (χ1n) is 9.38. The summed E-state index contributed by atoms with van der Waals surface area (Å²) in [5, 5.41) is 0. The predicted molar refractivity (Wildman–Crippen MR) is 103 cm³/mol. The Morgan fingerprint density at radius 3 is 1.65 bits per heavy atom. The van der Waals surface area contributed by atoms with Crippen LogP contribution in [-0.4, -0.2) is 24.5 Å². The zero-order valence-corrected chi connectivity index (χ0v) is 15.5. The van der Waals surface area contributed by atoms with Crippen molar-refractivity contribution in [1.82, 2.24) is 4.90 Å². The molecule has 0 heterocycles. The first-order chi connectivity index (χ1) is 11.0. The van der Waals surface area contributed by atoms with Gasteiger partial charge in [-0.05, 0) is 70.8 Å². The van der Waals surface area contributed by atoms with Crippen molar-refractivity contribution in [3.05, 3.63) is 47.6 Å². The molecule has 0 aliphatic heterocycles. The molecule has 2 aliphatic carbocycles. The lowest BCUT2D eigenvalue weighted by Gasteiger charge is -2.29. The van der Waals surface area contributed by atoms with Crippen molar-refractivity contribution in [2.45, 2.75) is 59.3 Å². The van der Waals surface area contributed by atoms with E-state index in [4.69, 9.17) is 0 Å². The Bertz CT molecular complexity index is 450. The topological polar surface area (TPSA) is 3.24 Å². The van der Waals surface area contributed by atoms with Gasteiger partial charge in [-0.2, -0.15) is 0 Å². The monoisotopic (exact) mass is 313 g/mol. The van der Waals surface area contributed by atoms with Crippen molar-refractivity contribution in [3.8, 4) is 0 Å². The first kappa shape index (κ1) is 18.3. The summed E-state index contributed by atoms with van der Waals surface area (Å²) in [6, 6.07) is 0. The third-order valence-electron chi connectivity index (χ3n) is 5.70. The van der Waals surface area contributed by atoms with Crippen LogP contribution >= 0.6 is 0 Å². The Labute approximate surface area is 143 Å². The van der Waals surface area contributed by atoms with Crippen LogP contribution in [0.1, 0.15) is 59.3 Å². The van der Waals surface area contributed by atoms with Crippen molar-refractivity contribution < 1.29 is 0 Å². The summed E-state index contributed by atoms with van der Waals surface area (Å²) in [6.45, 7) is 18.3. The highest BCUT2D eigenvalue weighted by Gasteiger charge is 2.19. The summed E-state index contributed by atoms with van der Waals surface area (Å²) in [5.74, 6) is 1.43. The van der Waals surface area contributed by atoms with Crippen LogP contribution < -0.4 is 0 Å². The van der Waals surface area contributed by atoms with E-state index in [1.54, 1.807) is 11.1 Å². The van der Waals surface area contributed by atoms with Gasteiger partial charge in [-0.1, -0.05) is 54.5 Å². The zero-order valence-electron chi connectivity index (χ0n) is 15.5. The number of nitrogens with zero attached hydrogens (tertiary/aromatic N) is 1. The highest BCUT2D eigenvalue weighted by atomic mass is 15.1. The van der Waals surface area contributed by atoms with E-state index in [0.717, 1.165) is 19.6 Å². The van der Waals surface area contributed by atoms with E-state index in [1.807, 2.05) is 0 Å². The number of allylic oxidation sites excluding steroid dienone is 4. The maximum absolute atomic E-state index is 4.12. The van der Waals surface area contributed by atoms with E-state index in [2.05, 4.69) is 51.0 Å². The Hall–Kier alpha value is -1.08. The molecule has 2 atom stereocenters. The van der Waals surface area contributed by atoms with Gasteiger partial charge in [-0.3, -0.25) is 4.90 Å². The number of rotatable bonds is 7. The van der Waals surface area contributed by atoms with Crippen molar-refractivity contribution in [3.63, 3.8) is 0 Å². The Kier molecular flexibility index (Phi) is 6.89. The third kappa shape index (κ3) is 5.49. The summed E-state index contributed by atoms with van der Waals surface area (Å²) in [5.41, 5.74) is 5.99. The molecule has 0 amide bonds. The van der Waals surface area contributed by atoms with E-state index >= 15 is 0 Å². The van der Waals surface area contributed by atoms with Gasteiger partial charge in [0.25, 0.3) is 0 Å². The van der Waals surface area contributed by atoms with Crippen LogP contribution in [0.2, 0.25) is 0 Å². The fraction of sp³-hybridized carbons (Fsp3) is 0.636. The lowest BCUT2D eigenvalue weighted by molar-refractivity contribution is 0.321. The van der Waals surface area contributed by atoms with E-state index in [0.29, 0.717) is 11.8 Å². The molecule has 2 unspecified atom stereocenters. The predicted octanol–water partition coefficient (Wildman–Crippen LogP) is 5.91. The molecule has 0 fully saturated rings. The van der Waals surface area contributed by atoms with Crippen LogP contribution in [0.5, 0.6) is 0 Å². The van der Waals surface area contributed by atoms with Crippen molar-refractivity contribution in [1.29, 1.82) is 0 Å². The molecular formula is C22H35N. The van der Waals surface area contributed by atoms with Gasteiger partial charge in [0.2, 0.25) is 0 Å². The number of hydrogen-bond acceptors (Lipinski definition) is 1. The first-order valence-corrected chi connectivity index (χ1v) is 9.38. The fourth-order valence-electron chi connectivity index (χ4n) is 3.81. The second kappa shape index (κ2) is 8.68. The van der Waals surface area contributed by atoms with Crippen LogP contribution in [0.25, 0.3) is 0 Å². The van der Waals surface area contributed by atoms with Gasteiger partial charge < -0.3 is 0 Å². The van der Waals surface area contributed by atoms with E-state index in [-0.39, 0.29) is 0 Å². The van der Waals surface area contributed by atoms with Crippen molar-refractivity contribution in [2.75, 3.05) is 19.6 Å². The molecule has 0 N–H and O–H groups in total. The molecule has 2 rings (SSSR count). The van der Waals surface area contributed by atoms with Gasteiger partial charge in [-0.15, -0.1) is 0 Å². The molecule has 0 aromatic heterocycles. The van der Waals surface area contributed by atoms with Crippen LogP contribution in [-0.2, 0) is 0 Å². The van der Waals surface area contributed by atoms with E-state index < -0.39 is 0 Å². The van der Waals surface area contributed by atoms with Gasteiger partial charge >= 0.3 is 0 Å². The molecule has 23 heavy (non-hydrogen) atoms.